The molecule has 0 atom stereocenters. The van der Waals surface area contributed by atoms with Crippen molar-refractivity contribution < 1.29 is 0 Å². The molecule has 0 saturated carbocycles. The molecule has 34 valence electrons. The zero-order valence-electron chi connectivity index (χ0n) is 3.13. The van der Waals surface area contributed by atoms with Gasteiger partial charge in [0.15, 0.2) is 0 Å². The maximum absolute atomic E-state index is 3.89. The largest absolute Gasteiger partial charge is 0.230 e. The van der Waals surface area contributed by atoms with Gasteiger partial charge in [0, 0.05) is 6.21 Å². The van der Waals surface area contributed by atoms with Crippen LogP contribution in [0.2, 0.25) is 0 Å². The minimum absolute atomic E-state index is 0.781. The molecule has 0 spiro atoms. The molecule has 1 aliphatic rings. The number of nitrogens with zero attached hydrogens (tertiary/aromatic N) is 2. The van der Waals surface area contributed by atoms with Gasteiger partial charge in [-0.3, -0.25) is 0 Å². The summed E-state index contributed by atoms with van der Waals surface area (Å²) < 4.78 is 1.58. The number of thiol groups is 1. The minimum atomic E-state index is 0.781. The summed E-state index contributed by atoms with van der Waals surface area (Å²) in [4.78, 5) is 0. The summed E-state index contributed by atoms with van der Waals surface area (Å²) >= 11 is 3.89. The fourth-order valence-corrected chi connectivity index (χ4v) is 0.391. The first kappa shape index (κ1) is 3.95. The van der Waals surface area contributed by atoms with Crippen molar-refractivity contribution in [1.82, 2.24) is 9.95 Å². The maximum atomic E-state index is 3.89. The first-order chi connectivity index (χ1) is 2.89. The standard InChI is InChI=1S/C2H5N3S/c6-5-2-1-3-4-5/h1,4,6H,2H2. The van der Waals surface area contributed by atoms with Crippen molar-refractivity contribution in [1.29, 1.82) is 0 Å². The topological polar surface area (TPSA) is 27.6 Å². The van der Waals surface area contributed by atoms with Crippen molar-refractivity contribution in [3.05, 3.63) is 0 Å². The molecule has 0 bridgehead atoms. The van der Waals surface area contributed by atoms with E-state index in [-0.39, 0.29) is 0 Å². The summed E-state index contributed by atoms with van der Waals surface area (Å²) in [5.41, 5.74) is 2.59. The van der Waals surface area contributed by atoms with E-state index in [0.717, 1.165) is 6.54 Å². The highest BCUT2D eigenvalue weighted by Crippen LogP contribution is 1.87. The number of hydrazine groups is 1. The summed E-state index contributed by atoms with van der Waals surface area (Å²) in [5.74, 6) is 0. The van der Waals surface area contributed by atoms with Gasteiger partial charge in [-0.25, -0.2) is 5.53 Å². The van der Waals surface area contributed by atoms with E-state index in [9.17, 15) is 0 Å². The van der Waals surface area contributed by atoms with Gasteiger partial charge in [-0.15, -0.1) is 4.41 Å². The Kier molecular flexibility index (Phi) is 0.979. The number of hydrogen-bond acceptors (Lipinski definition) is 4. The van der Waals surface area contributed by atoms with E-state index in [4.69, 9.17) is 0 Å². The van der Waals surface area contributed by atoms with Crippen molar-refractivity contribution in [3.8, 4) is 0 Å². The van der Waals surface area contributed by atoms with Crippen molar-refractivity contribution in [2.75, 3.05) is 6.54 Å². The SMILES string of the molecule is SN1CC=NN1. The quantitative estimate of drug-likeness (QED) is 0.410. The van der Waals surface area contributed by atoms with Crippen LogP contribution in [0.1, 0.15) is 0 Å². The third-order valence-electron chi connectivity index (χ3n) is 0.519. The summed E-state index contributed by atoms with van der Waals surface area (Å²) in [6, 6.07) is 0. The lowest BCUT2D eigenvalue weighted by Gasteiger charge is -2.00. The summed E-state index contributed by atoms with van der Waals surface area (Å²) in [6.07, 6.45) is 1.74. The molecule has 1 aliphatic heterocycles. The number of nitrogens with one attached hydrogen (secondary N) is 1. The second-order valence-corrected chi connectivity index (χ2v) is 1.48. The van der Waals surface area contributed by atoms with Crippen LogP contribution in [0.15, 0.2) is 5.10 Å². The van der Waals surface area contributed by atoms with Crippen LogP contribution in [0.4, 0.5) is 0 Å². The van der Waals surface area contributed by atoms with E-state index in [0.29, 0.717) is 0 Å². The first-order valence-electron chi connectivity index (χ1n) is 1.63. The van der Waals surface area contributed by atoms with E-state index < -0.39 is 0 Å². The van der Waals surface area contributed by atoms with E-state index in [2.05, 4.69) is 23.5 Å². The molecule has 0 amide bonds. The zero-order valence-corrected chi connectivity index (χ0v) is 4.02. The van der Waals surface area contributed by atoms with Crippen molar-refractivity contribution in [2.24, 2.45) is 5.10 Å². The molecule has 0 aromatic rings. The minimum Gasteiger partial charge on any atom is -0.230 e. The maximum Gasteiger partial charge on any atom is 0.0678 e. The first-order valence-corrected chi connectivity index (χ1v) is 2.03. The van der Waals surface area contributed by atoms with Gasteiger partial charge in [0.25, 0.3) is 0 Å². The number of hydrazone groups is 1. The molecular formula is C2H5N3S. The highest BCUT2D eigenvalue weighted by molar-refractivity contribution is 7.77. The number of rotatable bonds is 0. The van der Waals surface area contributed by atoms with Crippen molar-refractivity contribution >= 4 is 19.0 Å². The lowest BCUT2D eigenvalue weighted by atomic mass is 10.8. The molecule has 0 aliphatic carbocycles. The second-order valence-electron chi connectivity index (χ2n) is 0.994. The van der Waals surface area contributed by atoms with Gasteiger partial charge in [0.2, 0.25) is 0 Å². The van der Waals surface area contributed by atoms with Gasteiger partial charge in [0.05, 0.1) is 6.54 Å². The normalized spacial score (nSPS) is 21.5. The Balaban J connectivity index is 2.32. The van der Waals surface area contributed by atoms with Gasteiger partial charge in [0.1, 0.15) is 0 Å². The third kappa shape index (κ3) is 0.636. The summed E-state index contributed by atoms with van der Waals surface area (Å²) in [5, 5.41) is 3.64. The van der Waals surface area contributed by atoms with E-state index >= 15 is 0 Å². The smallest absolute Gasteiger partial charge is 0.0678 e. The average Bonchev–Trinajstić information content (AvgIpc) is 1.86. The third-order valence-corrected chi connectivity index (χ3v) is 0.772. The monoisotopic (exact) mass is 103 g/mol. The van der Waals surface area contributed by atoms with Crippen LogP contribution < -0.4 is 5.53 Å². The molecular weight excluding hydrogens is 98.1 g/mol. The van der Waals surface area contributed by atoms with Crippen molar-refractivity contribution in [2.45, 2.75) is 0 Å². The van der Waals surface area contributed by atoms with Gasteiger partial charge in [-0.2, -0.15) is 5.10 Å². The highest BCUT2D eigenvalue weighted by Gasteiger charge is 1.95. The lowest BCUT2D eigenvalue weighted by Crippen LogP contribution is -2.18. The Morgan fingerprint density at radius 3 is 3.00 bits per heavy atom. The van der Waals surface area contributed by atoms with Gasteiger partial charge >= 0.3 is 0 Å². The van der Waals surface area contributed by atoms with Crippen LogP contribution in [0.3, 0.4) is 0 Å². The molecule has 0 aromatic carbocycles. The molecule has 3 nitrogen and oxygen atoms in total. The highest BCUT2D eigenvalue weighted by atomic mass is 32.1. The molecule has 0 radical (unpaired) electrons. The van der Waals surface area contributed by atoms with Crippen LogP contribution in [0.5, 0.6) is 0 Å². The van der Waals surface area contributed by atoms with Crippen LogP contribution >= 0.6 is 12.8 Å². The fraction of sp³-hybridized carbons (Fsp3) is 0.500. The van der Waals surface area contributed by atoms with Crippen LogP contribution in [-0.2, 0) is 0 Å². The predicted molar refractivity (Wildman–Crippen MR) is 27.3 cm³/mol. The average molecular weight is 103 g/mol. The molecule has 1 heterocycles. The van der Waals surface area contributed by atoms with Crippen LogP contribution in [0, 0.1) is 0 Å². The van der Waals surface area contributed by atoms with Gasteiger partial charge < -0.3 is 0 Å². The Bertz CT molecular complexity index is 63.2. The number of hydrogen-bond donors (Lipinski definition) is 2. The van der Waals surface area contributed by atoms with Crippen LogP contribution in [-0.4, -0.2) is 17.2 Å². The van der Waals surface area contributed by atoms with Gasteiger partial charge in [-0.05, 0) is 0 Å². The van der Waals surface area contributed by atoms with Crippen molar-refractivity contribution in [3.63, 3.8) is 0 Å². The molecule has 0 unspecified atom stereocenters. The second kappa shape index (κ2) is 1.49. The molecule has 1 rings (SSSR count). The molecule has 4 heteroatoms. The molecule has 1 N–H and O–H groups in total. The predicted octanol–water partition coefficient (Wildman–Crippen LogP) is -0.363. The molecule has 6 heavy (non-hydrogen) atoms. The summed E-state index contributed by atoms with van der Waals surface area (Å²) in [6.45, 7) is 0.781. The summed E-state index contributed by atoms with van der Waals surface area (Å²) in [7, 11) is 0. The molecule has 0 aromatic heterocycles. The lowest BCUT2D eigenvalue weighted by molar-refractivity contribution is 0.445. The fourth-order valence-electron chi connectivity index (χ4n) is 0.266. The van der Waals surface area contributed by atoms with Gasteiger partial charge in [-0.1, -0.05) is 12.8 Å². The Labute approximate surface area is 41.5 Å². The Morgan fingerprint density at radius 2 is 2.83 bits per heavy atom. The van der Waals surface area contributed by atoms with E-state index in [1.165, 1.54) is 0 Å². The Hall–Kier alpha value is -0.220. The molecule has 0 fully saturated rings. The Morgan fingerprint density at radius 1 is 2.00 bits per heavy atom. The van der Waals surface area contributed by atoms with Crippen LogP contribution in [0.25, 0.3) is 0 Å². The van der Waals surface area contributed by atoms with E-state index in [1.807, 2.05) is 0 Å². The molecule has 0 saturated heterocycles. The van der Waals surface area contributed by atoms with E-state index in [1.54, 1.807) is 10.6 Å². The zero-order chi connectivity index (χ0) is 4.41.